The highest BCUT2D eigenvalue weighted by Gasteiger charge is 2.10. The third kappa shape index (κ3) is 3.92. The number of rotatable bonds is 5. The lowest BCUT2D eigenvalue weighted by Crippen LogP contribution is -2.04. The largest absolute Gasteiger partial charge is 0.0654 e. The van der Waals surface area contributed by atoms with Crippen LogP contribution in [0.25, 0.3) is 0 Å². The van der Waals surface area contributed by atoms with Gasteiger partial charge in [-0.3, -0.25) is 0 Å². The van der Waals surface area contributed by atoms with Gasteiger partial charge in [0, 0.05) is 0 Å². The minimum atomic E-state index is 0.805. The molecule has 0 aromatic rings. The highest BCUT2D eigenvalue weighted by molar-refractivity contribution is 4.91. The van der Waals surface area contributed by atoms with Gasteiger partial charge >= 0.3 is 0 Å². The maximum absolute atomic E-state index is 2.31. The average molecular weight is 141 g/mol. The van der Waals surface area contributed by atoms with E-state index in [1.165, 1.54) is 25.7 Å². The number of hydrogen-bond acceptors (Lipinski definition) is 0. The van der Waals surface area contributed by atoms with E-state index in [0.29, 0.717) is 0 Å². The topological polar surface area (TPSA) is 0 Å². The third-order valence-electron chi connectivity index (χ3n) is 1.96. The normalized spacial score (nSPS) is 11.4. The first-order valence-corrected chi connectivity index (χ1v) is 4.56. The van der Waals surface area contributed by atoms with Crippen molar-refractivity contribution in [3.05, 3.63) is 5.92 Å². The Labute approximate surface area is 66.0 Å². The van der Waals surface area contributed by atoms with Crippen LogP contribution in [0.1, 0.15) is 53.4 Å². The summed E-state index contributed by atoms with van der Waals surface area (Å²) in [7, 11) is 0. The molecule has 0 saturated heterocycles. The van der Waals surface area contributed by atoms with Crippen LogP contribution in [0.4, 0.5) is 0 Å². The Morgan fingerprint density at radius 3 is 1.60 bits per heavy atom. The van der Waals surface area contributed by atoms with Crippen LogP contribution >= 0.6 is 0 Å². The van der Waals surface area contributed by atoms with Gasteiger partial charge in [0.25, 0.3) is 0 Å². The predicted octanol–water partition coefficient (Wildman–Crippen LogP) is 3.82. The predicted molar refractivity (Wildman–Crippen MR) is 47.9 cm³/mol. The van der Waals surface area contributed by atoms with E-state index in [1.807, 2.05) is 0 Å². The molecule has 0 aromatic heterocycles. The van der Waals surface area contributed by atoms with E-state index in [2.05, 4.69) is 27.7 Å². The van der Waals surface area contributed by atoms with E-state index in [0.717, 1.165) is 5.92 Å². The van der Waals surface area contributed by atoms with Crippen molar-refractivity contribution in [1.82, 2.24) is 0 Å². The summed E-state index contributed by atoms with van der Waals surface area (Å²) in [6, 6.07) is 0. The molecule has 0 heteroatoms. The first-order chi connectivity index (χ1) is 4.72. The second kappa shape index (κ2) is 5.76. The van der Waals surface area contributed by atoms with Crippen LogP contribution in [-0.4, -0.2) is 0 Å². The van der Waals surface area contributed by atoms with Crippen LogP contribution in [0.5, 0.6) is 0 Å². The Kier molecular flexibility index (Phi) is 5.76. The van der Waals surface area contributed by atoms with Crippen LogP contribution in [0.2, 0.25) is 0 Å². The lowest BCUT2D eigenvalue weighted by Gasteiger charge is -2.18. The molecule has 0 unspecified atom stereocenters. The standard InChI is InChI=1S/C10H21/c1-5-7-10(8-6-2)9(3)4/h9H,5-8H2,1-4H3. The van der Waals surface area contributed by atoms with Crippen molar-refractivity contribution in [3.63, 3.8) is 0 Å². The fraction of sp³-hybridized carbons (Fsp3) is 0.900. The van der Waals surface area contributed by atoms with Gasteiger partial charge < -0.3 is 0 Å². The first-order valence-electron chi connectivity index (χ1n) is 4.56. The van der Waals surface area contributed by atoms with Gasteiger partial charge in [0.15, 0.2) is 0 Å². The molecule has 0 spiro atoms. The van der Waals surface area contributed by atoms with Gasteiger partial charge in [0.05, 0.1) is 0 Å². The van der Waals surface area contributed by atoms with Gasteiger partial charge in [-0.15, -0.1) is 0 Å². The van der Waals surface area contributed by atoms with E-state index in [4.69, 9.17) is 0 Å². The molecule has 0 heterocycles. The zero-order valence-corrected chi connectivity index (χ0v) is 7.91. The summed E-state index contributed by atoms with van der Waals surface area (Å²) < 4.78 is 0. The Bertz CT molecular complexity index is 58.4. The van der Waals surface area contributed by atoms with Gasteiger partial charge in [0.2, 0.25) is 0 Å². The van der Waals surface area contributed by atoms with Gasteiger partial charge in [-0.05, 0) is 24.7 Å². The summed E-state index contributed by atoms with van der Waals surface area (Å²) in [4.78, 5) is 0. The molecule has 0 aliphatic carbocycles. The molecule has 10 heavy (non-hydrogen) atoms. The summed E-state index contributed by atoms with van der Waals surface area (Å²) in [5, 5.41) is 0. The van der Waals surface area contributed by atoms with E-state index in [1.54, 1.807) is 5.92 Å². The third-order valence-corrected chi connectivity index (χ3v) is 1.96. The molecular weight excluding hydrogens is 120 g/mol. The van der Waals surface area contributed by atoms with Crippen molar-refractivity contribution in [1.29, 1.82) is 0 Å². The Morgan fingerprint density at radius 1 is 1.00 bits per heavy atom. The van der Waals surface area contributed by atoms with E-state index >= 15 is 0 Å². The highest BCUT2D eigenvalue weighted by Crippen LogP contribution is 2.24. The molecule has 0 amide bonds. The summed E-state index contributed by atoms with van der Waals surface area (Å²) in [6.45, 7) is 9.14. The Balaban J connectivity index is 3.50. The minimum absolute atomic E-state index is 0.805. The van der Waals surface area contributed by atoms with Crippen molar-refractivity contribution in [2.24, 2.45) is 5.92 Å². The van der Waals surface area contributed by atoms with Crippen LogP contribution in [-0.2, 0) is 0 Å². The van der Waals surface area contributed by atoms with Gasteiger partial charge in [-0.1, -0.05) is 40.5 Å². The van der Waals surface area contributed by atoms with Gasteiger partial charge in [-0.2, -0.15) is 0 Å². The van der Waals surface area contributed by atoms with Gasteiger partial charge in [-0.25, -0.2) is 0 Å². The monoisotopic (exact) mass is 141 g/mol. The molecule has 0 nitrogen and oxygen atoms in total. The van der Waals surface area contributed by atoms with Crippen LogP contribution in [0, 0.1) is 11.8 Å². The summed E-state index contributed by atoms with van der Waals surface area (Å²) in [5.41, 5.74) is 0. The minimum Gasteiger partial charge on any atom is -0.0654 e. The zero-order valence-electron chi connectivity index (χ0n) is 7.91. The summed E-state index contributed by atoms with van der Waals surface area (Å²) in [5.74, 6) is 2.56. The molecule has 0 aliphatic heterocycles. The van der Waals surface area contributed by atoms with Crippen LogP contribution < -0.4 is 0 Å². The van der Waals surface area contributed by atoms with Gasteiger partial charge in [0.1, 0.15) is 0 Å². The summed E-state index contributed by atoms with van der Waals surface area (Å²) >= 11 is 0. The molecule has 1 radical (unpaired) electrons. The fourth-order valence-corrected chi connectivity index (χ4v) is 1.34. The lowest BCUT2D eigenvalue weighted by molar-refractivity contribution is 0.539. The Hall–Kier alpha value is 0. The maximum atomic E-state index is 2.31. The average Bonchev–Trinajstić information content (AvgIpc) is 1.87. The smallest absolute Gasteiger partial charge is 0.0216 e. The maximum Gasteiger partial charge on any atom is -0.0216 e. The molecule has 0 saturated carbocycles. The zero-order chi connectivity index (χ0) is 7.98. The highest BCUT2D eigenvalue weighted by atomic mass is 14.2. The SMILES string of the molecule is CCC[C](CCC)C(C)C. The van der Waals surface area contributed by atoms with Crippen molar-refractivity contribution in [2.45, 2.75) is 53.4 Å². The lowest BCUT2D eigenvalue weighted by atomic mass is 9.88. The van der Waals surface area contributed by atoms with E-state index in [-0.39, 0.29) is 0 Å². The molecule has 0 aliphatic rings. The molecule has 0 rings (SSSR count). The quantitative estimate of drug-likeness (QED) is 0.546. The summed E-state index contributed by atoms with van der Waals surface area (Å²) in [6.07, 6.45) is 5.30. The van der Waals surface area contributed by atoms with Crippen molar-refractivity contribution in [2.75, 3.05) is 0 Å². The number of hydrogen-bond donors (Lipinski definition) is 0. The van der Waals surface area contributed by atoms with E-state index < -0.39 is 0 Å². The van der Waals surface area contributed by atoms with Crippen molar-refractivity contribution < 1.29 is 0 Å². The van der Waals surface area contributed by atoms with Crippen LogP contribution in [0.15, 0.2) is 0 Å². The molecule has 0 bridgehead atoms. The van der Waals surface area contributed by atoms with E-state index in [9.17, 15) is 0 Å². The fourth-order valence-electron chi connectivity index (χ4n) is 1.34. The second-order valence-corrected chi connectivity index (χ2v) is 3.31. The Morgan fingerprint density at radius 2 is 1.40 bits per heavy atom. The molecule has 61 valence electrons. The molecule has 0 fully saturated rings. The molecule has 0 atom stereocenters. The first kappa shape index (κ1) is 10.0. The van der Waals surface area contributed by atoms with Crippen molar-refractivity contribution >= 4 is 0 Å². The second-order valence-electron chi connectivity index (χ2n) is 3.31. The molecule has 0 N–H and O–H groups in total. The van der Waals surface area contributed by atoms with Crippen LogP contribution in [0.3, 0.4) is 0 Å². The molecular formula is C10H21. The van der Waals surface area contributed by atoms with Crippen molar-refractivity contribution in [3.8, 4) is 0 Å². The molecule has 0 aromatic carbocycles.